The lowest BCUT2D eigenvalue weighted by atomic mass is 9.75. The first kappa shape index (κ1) is 26.4. The highest BCUT2D eigenvalue weighted by Crippen LogP contribution is 2.39. The van der Waals surface area contributed by atoms with Crippen molar-refractivity contribution in [2.75, 3.05) is 39.4 Å². The summed E-state index contributed by atoms with van der Waals surface area (Å²) in [6.45, 7) is 8.48. The van der Waals surface area contributed by atoms with E-state index in [0.717, 1.165) is 32.2 Å². The minimum atomic E-state index is -0.842. The molecule has 0 aromatic heterocycles. The van der Waals surface area contributed by atoms with Gasteiger partial charge >= 0.3 is 0 Å². The first-order chi connectivity index (χ1) is 16.8. The molecule has 3 atom stereocenters. The van der Waals surface area contributed by atoms with E-state index in [1.165, 1.54) is 38.5 Å². The quantitative estimate of drug-likeness (QED) is 0.590. The highest BCUT2D eigenvalue weighted by atomic mass is 16.5. The summed E-state index contributed by atoms with van der Waals surface area (Å²) in [6, 6.07) is 2.98. The molecule has 0 radical (unpaired) electrons. The standard InChI is InChI=1S/C28H46N4O3/c1-27(2)10-6-9-24(19-27)32-12-11-28(20-29,21-32)30-26(34)23(17-22-7-4-3-5-8-22)18-25(33)31-13-15-35-16-14-31/h22-24H,3-19,21H2,1-2H3,(H,30,34)/t23-,24-,28?/m1/s1. The molecule has 4 fully saturated rings. The number of nitrogens with one attached hydrogen (secondary N) is 1. The number of morpholine rings is 1. The van der Waals surface area contributed by atoms with Gasteiger partial charge in [0.2, 0.25) is 11.8 Å². The van der Waals surface area contributed by atoms with Crippen LogP contribution in [-0.2, 0) is 14.3 Å². The van der Waals surface area contributed by atoms with Crippen molar-refractivity contribution in [3.63, 3.8) is 0 Å². The number of hydrogen-bond donors (Lipinski definition) is 1. The lowest BCUT2D eigenvalue weighted by Gasteiger charge is -2.40. The van der Waals surface area contributed by atoms with Gasteiger partial charge in [-0.15, -0.1) is 0 Å². The number of likely N-dealkylation sites (tertiary alicyclic amines) is 1. The lowest BCUT2D eigenvalue weighted by Crippen LogP contribution is -2.53. The zero-order valence-corrected chi connectivity index (χ0v) is 22.0. The molecule has 35 heavy (non-hydrogen) atoms. The number of amides is 2. The minimum absolute atomic E-state index is 0.0488. The van der Waals surface area contributed by atoms with Crippen molar-refractivity contribution >= 4 is 11.8 Å². The summed E-state index contributed by atoms with van der Waals surface area (Å²) in [5.74, 6) is 0.0956. The number of rotatable bonds is 7. The molecule has 2 heterocycles. The van der Waals surface area contributed by atoms with Gasteiger partial charge in [-0.1, -0.05) is 52.4 Å². The SMILES string of the molecule is CC1(C)CCC[C@@H](N2CCC(C#N)(NC(=O)[C@@H](CC(=O)N3CCOCC3)CC3CCCCC3)C2)C1. The van der Waals surface area contributed by atoms with Gasteiger partial charge in [-0.2, -0.15) is 5.26 Å². The summed E-state index contributed by atoms with van der Waals surface area (Å²) >= 11 is 0. The zero-order chi connectivity index (χ0) is 24.9. The second-order valence-corrected chi connectivity index (χ2v) is 12.5. The van der Waals surface area contributed by atoms with Gasteiger partial charge in [0.1, 0.15) is 5.54 Å². The largest absolute Gasteiger partial charge is 0.378 e. The third kappa shape index (κ3) is 6.98. The predicted molar refractivity (Wildman–Crippen MR) is 135 cm³/mol. The molecule has 196 valence electrons. The van der Waals surface area contributed by atoms with Gasteiger partial charge in [-0.05, 0) is 43.4 Å². The average molecular weight is 487 g/mol. The van der Waals surface area contributed by atoms with Crippen molar-refractivity contribution in [1.29, 1.82) is 5.26 Å². The Balaban J connectivity index is 1.41. The third-order valence-corrected chi connectivity index (χ3v) is 9.07. The molecule has 2 saturated heterocycles. The fraction of sp³-hybridized carbons (Fsp3) is 0.893. The Kier molecular flexibility index (Phi) is 8.76. The summed E-state index contributed by atoms with van der Waals surface area (Å²) in [4.78, 5) is 31.0. The Hall–Kier alpha value is -1.65. The van der Waals surface area contributed by atoms with Crippen LogP contribution in [0, 0.1) is 28.6 Å². The number of hydrogen-bond acceptors (Lipinski definition) is 5. The van der Waals surface area contributed by atoms with Crippen LogP contribution in [0.15, 0.2) is 0 Å². The molecule has 1 N–H and O–H groups in total. The van der Waals surface area contributed by atoms with Crippen LogP contribution in [0.2, 0.25) is 0 Å². The number of ether oxygens (including phenoxy) is 1. The van der Waals surface area contributed by atoms with E-state index in [9.17, 15) is 14.9 Å². The maximum Gasteiger partial charge on any atom is 0.224 e. The van der Waals surface area contributed by atoms with Crippen LogP contribution >= 0.6 is 0 Å². The van der Waals surface area contributed by atoms with E-state index in [1.54, 1.807) is 0 Å². The smallest absolute Gasteiger partial charge is 0.224 e. The first-order valence-electron chi connectivity index (χ1n) is 14.1. The molecule has 7 heteroatoms. The molecule has 2 aliphatic heterocycles. The number of carbonyl (C=O) groups excluding carboxylic acids is 2. The van der Waals surface area contributed by atoms with Gasteiger partial charge in [0.25, 0.3) is 0 Å². The molecule has 0 bridgehead atoms. The Morgan fingerprint density at radius 2 is 1.80 bits per heavy atom. The van der Waals surface area contributed by atoms with Crippen LogP contribution in [0.25, 0.3) is 0 Å². The zero-order valence-electron chi connectivity index (χ0n) is 22.0. The minimum Gasteiger partial charge on any atom is -0.378 e. The molecule has 2 aliphatic carbocycles. The summed E-state index contributed by atoms with van der Waals surface area (Å²) in [6.07, 6.45) is 12.5. The normalized spacial score (nSPS) is 31.0. The van der Waals surface area contributed by atoms with E-state index in [2.05, 4.69) is 30.1 Å². The molecular formula is C28H46N4O3. The molecule has 2 saturated carbocycles. The lowest BCUT2D eigenvalue weighted by molar-refractivity contribution is -0.140. The second kappa shape index (κ2) is 11.6. The van der Waals surface area contributed by atoms with Crippen molar-refractivity contribution < 1.29 is 14.3 Å². The third-order valence-electron chi connectivity index (χ3n) is 9.07. The Morgan fingerprint density at radius 1 is 1.06 bits per heavy atom. The average Bonchev–Trinajstić information content (AvgIpc) is 3.28. The van der Waals surface area contributed by atoms with E-state index in [4.69, 9.17) is 4.74 Å². The number of carbonyl (C=O) groups is 2. The van der Waals surface area contributed by atoms with Crippen LogP contribution < -0.4 is 5.32 Å². The van der Waals surface area contributed by atoms with Crippen LogP contribution in [-0.4, -0.2) is 72.6 Å². The van der Waals surface area contributed by atoms with E-state index in [0.29, 0.717) is 56.6 Å². The van der Waals surface area contributed by atoms with Crippen molar-refractivity contribution in [2.24, 2.45) is 17.3 Å². The predicted octanol–water partition coefficient (Wildman–Crippen LogP) is 3.87. The van der Waals surface area contributed by atoms with Crippen molar-refractivity contribution in [3.05, 3.63) is 0 Å². The Bertz CT molecular complexity index is 782. The fourth-order valence-corrected chi connectivity index (χ4v) is 6.94. The summed E-state index contributed by atoms with van der Waals surface area (Å²) in [5, 5.41) is 13.4. The van der Waals surface area contributed by atoms with Crippen LogP contribution in [0.4, 0.5) is 0 Å². The number of nitrogens with zero attached hydrogens (tertiary/aromatic N) is 3. The molecule has 7 nitrogen and oxygen atoms in total. The van der Waals surface area contributed by atoms with Crippen LogP contribution in [0.1, 0.15) is 90.9 Å². The maximum absolute atomic E-state index is 13.7. The highest BCUT2D eigenvalue weighted by molar-refractivity contribution is 5.86. The summed E-state index contributed by atoms with van der Waals surface area (Å²) in [7, 11) is 0. The van der Waals surface area contributed by atoms with Crippen molar-refractivity contribution in [3.8, 4) is 6.07 Å². The Labute approximate surface area is 211 Å². The second-order valence-electron chi connectivity index (χ2n) is 12.5. The van der Waals surface area contributed by atoms with Gasteiger partial charge in [0.05, 0.1) is 19.3 Å². The summed E-state index contributed by atoms with van der Waals surface area (Å²) in [5.41, 5.74) is -0.500. The van der Waals surface area contributed by atoms with Crippen LogP contribution in [0.5, 0.6) is 0 Å². The van der Waals surface area contributed by atoms with Gasteiger partial charge in [0.15, 0.2) is 0 Å². The van der Waals surface area contributed by atoms with Gasteiger partial charge in [-0.3, -0.25) is 14.5 Å². The topological polar surface area (TPSA) is 85.7 Å². The molecule has 1 unspecified atom stereocenters. The molecule has 4 aliphatic rings. The van der Waals surface area contributed by atoms with Crippen LogP contribution in [0.3, 0.4) is 0 Å². The van der Waals surface area contributed by atoms with Gasteiger partial charge in [-0.25, -0.2) is 0 Å². The molecule has 0 spiro atoms. The number of nitriles is 1. The first-order valence-corrected chi connectivity index (χ1v) is 14.1. The fourth-order valence-electron chi connectivity index (χ4n) is 6.94. The van der Waals surface area contributed by atoms with E-state index in [1.807, 2.05) is 4.90 Å². The van der Waals surface area contributed by atoms with Crippen molar-refractivity contribution in [2.45, 2.75) is 102 Å². The monoisotopic (exact) mass is 486 g/mol. The molecule has 2 amide bonds. The molecule has 4 rings (SSSR count). The highest BCUT2D eigenvalue weighted by Gasteiger charge is 2.45. The van der Waals surface area contributed by atoms with E-state index < -0.39 is 5.54 Å². The molecule has 0 aromatic carbocycles. The maximum atomic E-state index is 13.7. The molecular weight excluding hydrogens is 440 g/mol. The van der Waals surface area contributed by atoms with Gasteiger partial charge < -0.3 is 15.0 Å². The molecule has 0 aromatic rings. The summed E-state index contributed by atoms with van der Waals surface area (Å²) < 4.78 is 5.40. The van der Waals surface area contributed by atoms with Gasteiger partial charge in [0, 0.05) is 44.6 Å². The van der Waals surface area contributed by atoms with Crippen molar-refractivity contribution in [1.82, 2.24) is 15.1 Å². The van der Waals surface area contributed by atoms with E-state index in [-0.39, 0.29) is 24.2 Å². The Morgan fingerprint density at radius 3 is 2.49 bits per heavy atom. The van der Waals surface area contributed by atoms with E-state index >= 15 is 0 Å².